The second kappa shape index (κ2) is 4.65. The van der Waals surface area contributed by atoms with E-state index in [-0.39, 0.29) is 0 Å². The van der Waals surface area contributed by atoms with Crippen LogP contribution in [0.2, 0.25) is 0 Å². The van der Waals surface area contributed by atoms with Gasteiger partial charge in [-0.2, -0.15) is 0 Å². The molecule has 1 aromatic carbocycles. The molecule has 1 saturated carbocycles. The van der Waals surface area contributed by atoms with Gasteiger partial charge < -0.3 is 5.32 Å². The lowest BCUT2D eigenvalue weighted by molar-refractivity contribution is 0.358. The third-order valence-corrected chi connectivity index (χ3v) is 4.43. The Morgan fingerprint density at radius 1 is 1.35 bits per heavy atom. The normalized spacial score (nSPS) is 25.0. The van der Waals surface area contributed by atoms with E-state index >= 15 is 0 Å². The first-order chi connectivity index (χ1) is 8.31. The van der Waals surface area contributed by atoms with E-state index in [2.05, 4.69) is 35.4 Å². The summed E-state index contributed by atoms with van der Waals surface area (Å²) in [6.45, 7) is 2.36. The Morgan fingerprint density at radius 2 is 2.29 bits per heavy atom. The van der Waals surface area contributed by atoms with E-state index in [0.717, 1.165) is 11.4 Å². The zero-order chi connectivity index (χ0) is 11.7. The van der Waals surface area contributed by atoms with E-state index in [1.54, 1.807) is 11.3 Å². The van der Waals surface area contributed by atoms with Crippen molar-refractivity contribution in [2.75, 3.05) is 5.32 Å². The summed E-state index contributed by atoms with van der Waals surface area (Å²) in [6, 6.07) is 7.15. The van der Waals surface area contributed by atoms with E-state index in [1.807, 2.05) is 5.51 Å². The lowest BCUT2D eigenvalue weighted by Gasteiger charge is -2.28. The standard InChI is InChI=1S/C14H18N2S/c1-10-3-2-4-11(7-10)16-12-5-6-13-14(8-12)17-9-15-13/h5-6,8-11,16H,2-4,7H2,1H3. The molecule has 1 heterocycles. The van der Waals surface area contributed by atoms with Crippen molar-refractivity contribution in [1.29, 1.82) is 0 Å². The molecule has 3 heteroatoms. The van der Waals surface area contributed by atoms with Gasteiger partial charge in [0.05, 0.1) is 15.7 Å². The van der Waals surface area contributed by atoms with Gasteiger partial charge in [0.15, 0.2) is 0 Å². The van der Waals surface area contributed by atoms with Crippen molar-refractivity contribution in [2.45, 2.75) is 38.6 Å². The van der Waals surface area contributed by atoms with Gasteiger partial charge in [-0.3, -0.25) is 0 Å². The highest BCUT2D eigenvalue weighted by molar-refractivity contribution is 7.16. The Bertz CT molecular complexity index is 506. The summed E-state index contributed by atoms with van der Waals surface area (Å²) >= 11 is 1.71. The molecule has 0 amide bonds. The van der Waals surface area contributed by atoms with Gasteiger partial charge in [0.25, 0.3) is 0 Å². The molecule has 2 nitrogen and oxygen atoms in total. The van der Waals surface area contributed by atoms with Crippen LogP contribution in [0.15, 0.2) is 23.7 Å². The second-order valence-corrected chi connectivity index (χ2v) is 6.03. The van der Waals surface area contributed by atoms with E-state index < -0.39 is 0 Å². The zero-order valence-electron chi connectivity index (χ0n) is 10.1. The minimum Gasteiger partial charge on any atom is -0.382 e. The molecule has 1 N–H and O–H groups in total. The number of hydrogen-bond donors (Lipinski definition) is 1. The van der Waals surface area contributed by atoms with Crippen molar-refractivity contribution in [1.82, 2.24) is 4.98 Å². The monoisotopic (exact) mass is 246 g/mol. The van der Waals surface area contributed by atoms with Gasteiger partial charge in [-0.15, -0.1) is 11.3 Å². The quantitative estimate of drug-likeness (QED) is 0.855. The lowest BCUT2D eigenvalue weighted by atomic mass is 9.87. The summed E-state index contributed by atoms with van der Waals surface area (Å²) in [6.07, 6.45) is 5.37. The zero-order valence-corrected chi connectivity index (χ0v) is 11.0. The predicted molar refractivity (Wildman–Crippen MR) is 74.7 cm³/mol. The molecule has 1 aromatic heterocycles. The first-order valence-corrected chi connectivity index (χ1v) is 7.29. The van der Waals surface area contributed by atoms with Crippen molar-refractivity contribution in [2.24, 2.45) is 5.92 Å². The van der Waals surface area contributed by atoms with Crippen LogP contribution < -0.4 is 5.32 Å². The highest BCUT2D eigenvalue weighted by atomic mass is 32.1. The van der Waals surface area contributed by atoms with Crippen LogP contribution in [0.25, 0.3) is 10.2 Å². The molecule has 1 fully saturated rings. The minimum absolute atomic E-state index is 0.657. The molecule has 1 aliphatic carbocycles. The third kappa shape index (κ3) is 2.44. The van der Waals surface area contributed by atoms with Crippen LogP contribution in [0.1, 0.15) is 32.6 Å². The SMILES string of the molecule is CC1CCCC(Nc2ccc3ncsc3c2)C1. The average Bonchev–Trinajstić information content (AvgIpc) is 2.76. The van der Waals surface area contributed by atoms with Crippen molar-refractivity contribution < 1.29 is 0 Å². The fourth-order valence-electron chi connectivity index (χ4n) is 2.75. The first-order valence-electron chi connectivity index (χ1n) is 6.41. The number of benzene rings is 1. The fraction of sp³-hybridized carbons (Fsp3) is 0.500. The molecule has 90 valence electrons. The summed E-state index contributed by atoms with van der Waals surface area (Å²) in [7, 11) is 0. The molecule has 17 heavy (non-hydrogen) atoms. The van der Waals surface area contributed by atoms with Gasteiger partial charge in [0.2, 0.25) is 0 Å². The molecule has 0 saturated heterocycles. The second-order valence-electron chi connectivity index (χ2n) is 5.15. The van der Waals surface area contributed by atoms with Crippen LogP contribution in [0.4, 0.5) is 5.69 Å². The van der Waals surface area contributed by atoms with Crippen LogP contribution in [-0.4, -0.2) is 11.0 Å². The third-order valence-electron chi connectivity index (χ3n) is 3.64. The first kappa shape index (κ1) is 11.0. The van der Waals surface area contributed by atoms with Crippen molar-refractivity contribution >= 4 is 27.2 Å². The summed E-state index contributed by atoms with van der Waals surface area (Å²) in [5.41, 5.74) is 4.27. The maximum absolute atomic E-state index is 4.31. The van der Waals surface area contributed by atoms with Gasteiger partial charge in [-0.25, -0.2) is 4.98 Å². The molecule has 3 rings (SSSR count). The van der Waals surface area contributed by atoms with Gasteiger partial charge in [0, 0.05) is 11.7 Å². The topological polar surface area (TPSA) is 24.9 Å². The molecule has 1 aliphatic rings. The van der Waals surface area contributed by atoms with Crippen molar-refractivity contribution in [3.8, 4) is 0 Å². The van der Waals surface area contributed by atoms with Gasteiger partial charge in [-0.1, -0.05) is 19.8 Å². The number of nitrogens with one attached hydrogen (secondary N) is 1. The highest BCUT2D eigenvalue weighted by Gasteiger charge is 2.18. The number of nitrogens with zero attached hydrogens (tertiary/aromatic N) is 1. The Hall–Kier alpha value is -1.09. The molecule has 2 atom stereocenters. The molecule has 0 aliphatic heterocycles. The van der Waals surface area contributed by atoms with Gasteiger partial charge in [0.1, 0.15) is 0 Å². The number of anilines is 1. The van der Waals surface area contributed by atoms with Crippen LogP contribution in [0.3, 0.4) is 0 Å². The van der Waals surface area contributed by atoms with Gasteiger partial charge >= 0.3 is 0 Å². The fourth-order valence-corrected chi connectivity index (χ4v) is 3.46. The molecule has 2 unspecified atom stereocenters. The number of thiazole rings is 1. The smallest absolute Gasteiger partial charge is 0.0813 e. The maximum atomic E-state index is 4.31. The molecular weight excluding hydrogens is 228 g/mol. The molecule has 0 radical (unpaired) electrons. The van der Waals surface area contributed by atoms with E-state index in [1.165, 1.54) is 36.1 Å². The molecule has 2 aromatic rings. The highest BCUT2D eigenvalue weighted by Crippen LogP contribution is 2.28. The summed E-state index contributed by atoms with van der Waals surface area (Å²) in [4.78, 5) is 4.31. The predicted octanol–water partition coefficient (Wildman–Crippen LogP) is 4.29. The summed E-state index contributed by atoms with van der Waals surface area (Å²) < 4.78 is 1.28. The number of aromatic nitrogens is 1. The lowest BCUT2D eigenvalue weighted by Crippen LogP contribution is -2.26. The Morgan fingerprint density at radius 3 is 3.18 bits per heavy atom. The molecule has 0 bridgehead atoms. The van der Waals surface area contributed by atoms with Crippen LogP contribution in [0, 0.1) is 5.92 Å². The van der Waals surface area contributed by atoms with Crippen molar-refractivity contribution in [3.05, 3.63) is 23.7 Å². The molecular formula is C14H18N2S. The number of rotatable bonds is 2. The largest absolute Gasteiger partial charge is 0.382 e. The maximum Gasteiger partial charge on any atom is 0.0813 e. The number of fused-ring (bicyclic) bond motifs is 1. The Kier molecular flexibility index (Phi) is 3.02. The Labute approximate surface area is 106 Å². The summed E-state index contributed by atoms with van der Waals surface area (Å²) in [5.74, 6) is 0.869. The van der Waals surface area contributed by atoms with E-state index in [0.29, 0.717) is 6.04 Å². The van der Waals surface area contributed by atoms with Crippen LogP contribution >= 0.6 is 11.3 Å². The number of hydrogen-bond acceptors (Lipinski definition) is 3. The average molecular weight is 246 g/mol. The Balaban J connectivity index is 1.75. The van der Waals surface area contributed by atoms with Crippen LogP contribution in [-0.2, 0) is 0 Å². The minimum atomic E-state index is 0.657. The molecule has 0 spiro atoms. The van der Waals surface area contributed by atoms with Gasteiger partial charge in [-0.05, 0) is 37.0 Å². The summed E-state index contributed by atoms with van der Waals surface area (Å²) in [5, 5.41) is 3.67. The van der Waals surface area contributed by atoms with Crippen LogP contribution in [0.5, 0.6) is 0 Å². The van der Waals surface area contributed by atoms with Crippen molar-refractivity contribution in [3.63, 3.8) is 0 Å². The van der Waals surface area contributed by atoms with E-state index in [9.17, 15) is 0 Å². The van der Waals surface area contributed by atoms with E-state index in [4.69, 9.17) is 0 Å².